The molecule has 0 spiro atoms. The van der Waals surface area contributed by atoms with Crippen LogP contribution in [0.15, 0.2) is 0 Å². The van der Waals surface area contributed by atoms with Gasteiger partial charge in [-0.25, -0.2) is 0 Å². The SMILES string of the molecule is CC(=O)Nc1nn[nH]n1.COc1nc(Cl)nc(Cl)n1.COc1nc(OC)nc(-n2nnnc2NC(C)=O)n1. The number of hydrogen-bond acceptors (Lipinski definition) is 17. The van der Waals surface area contributed by atoms with Crippen molar-refractivity contribution in [3.63, 3.8) is 0 Å². The number of hydrogen-bond donors (Lipinski definition) is 3. The second-order valence-corrected chi connectivity index (χ2v) is 6.66. The van der Waals surface area contributed by atoms with Crippen LogP contribution < -0.4 is 24.8 Å². The maximum atomic E-state index is 11.0. The van der Waals surface area contributed by atoms with Crippen molar-refractivity contribution in [2.75, 3.05) is 32.0 Å². The van der Waals surface area contributed by atoms with Crippen molar-refractivity contribution >= 4 is 46.9 Å². The summed E-state index contributed by atoms with van der Waals surface area (Å²) in [6, 6.07) is 0.183. The lowest BCUT2D eigenvalue weighted by molar-refractivity contribution is -0.115. The smallest absolute Gasteiger partial charge is 0.324 e. The van der Waals surface area contributed by atoms with E-state index in [9.17, 15) is 9.59 Å². The Morgan fingerprint density at radius 2 is 1.34 bits per heavy atom. The fourth-order valence-corrected chi connectivity index (χ4v) is 2.28. The third-order valence-corrected chi connectivity index (χ3v) is 3.61. The van der Waals surface area contributed by atoms with E-state index in [1.54, 1.807) is 0 Å². The average Bonchev–Trinajstić information content (AvgIpc) is 3.55. The van der Waals surface area contributed by atoms with Gasteiger partial charge in [-0.1, -0.05) is 10.2 Å². The van der Waals surface area contributed by atoms with Crippen LogP contribution in [0, 0.1) is 0 Å². The van der Waals surface area contributed by atoms with Gasteiger partial charge in [0.2, 0.25) is 22.4 Å². The van der Waals surface area contributed by atoms with Crippen molar-refractivity contribution in [2.24, 2.45) is 0 Å². The highest BCUT2D eigenvalue weighted by Crippen LogP contribution is 2.14. The molecule has 0 aromatic carbocycles. The van der Waals surface area contributed by atoms with E-state index in [2.05, 4.69) is 81.4 Å². The summed E-state index contributed by atoms with van der Waals surface area (Å²) < 4.78 is 15.6. The van der Waals surface area contributed by atoms with Crippen LogP contribution in [0.5, 0.6) is 18.0 Å². The molecule has 2 amide bonds. The van der Waals surface area contributed by atoms with Crippen molar-refractivity contribution in [3.05, 3.63) is 10.6 Å². The van der Waals surface area contributed by atoms with E-state index in [0.717, 1.165) is 4.68 Å². The van der Waals surface area contributed by atoms with E-state index in [1.807, 2.05) is 0 Å². The van der Waals surface area contributed by atoms with Gasteiger partial charge in [0.05, 0.1) is 21.3 Å². The second kappa shape index (κ2) is 14.6. The second-order valence-electron chi connectivity index (χ2n) is 5.98. The van der Waals surface area contributed by atoms with Crippen LogP contribution in [-0.2, 0) is 9.59 Å². The van der Waals surface area contributed by atoms with Gasteiger partial charge >= 0.3 is 18.0 Å². The molecule has 0 saturated heterocycles. The van der Waals surface area contributed by atoms with Gasteiger partial charge in [0.15, 0.2) is 0 Å². The first-order chi connectivity index (χ1) is 18.1. The number of nitrogens with zero attached hydrogens (tertiary/aromatic N) is 13. The summed E-state index contributed by atoms with van der Waals surface area (Å²) in [5, 5.41) is 27.9. The summed E-state index contributed by atoms with van der Waals surface area (Å²) in [6.07, 6.45) is 0. The van der Waals surface area contributed by atoms with Crippen LogP contribution in [0.1, 0.15) is 13.8 Å². The Balaban J connectivity index is 0.000000224. The van der Waals surface area contributed by atoms with Crippen molar-refractivity contribution in [2.45, 2.75) is 13.8 Å². The van der Waals surface area contributed by atoms with Gasteiger partial charge in [-0.3, -0.25) is 20.2 Å². The molecule has 0 unspecified atom stereocenters. The van der Waals surface area contributed by atoms with Crippen LogP contribution >= 0.6 is 23.2 Å². The molecule has 23 heteroatoms. The first-order valence-electron chi connectivity index (χ1n) is 9.67. The maximum absolute atomic E-state index is 11.0. The summed E-state index contributed by atoms with van der Waals surface area (Å²) in [4.78, 5) is 43.7. The highest BCUT2D eigenvalue weighted by molar-refractivity contribution is 6.31. The average molecular weight is 573 g/mol. The van der Waals surface area contributed by atoms with Crippen LogP contribution in [0.4, 0.5) is 11.9 Å². The first kappa shape index (κ1) is 29.3. The summed E-state index contributed by atoms with van der Waals surface area (Å²) in [5.41, 5.74) is 0. The molecular formula is C15H18Cl2N16O5. The molecular weight excluding hydrogens is 555 g/mol. The molecule has 0 radical (unpaired) electrons. The minimum atomic E-state index is -0.330. The molecule has 3 N–H and O–H groups in total. The standard InChI is InChI=1S/C8H10N8O3.C4H3Cl2N3O.C3H5N5O/c1-4(17)9-6-13-14-15-16(6)5-10-7(18-2)12-8(11-5)19-3;1-10-4-8-2(5)7-3(6)9-4;1-2(9)4-3-5-7-8-6-3/h1-3H3,(H,9,13,15,17);1H3;1H3,(H2,4,5,6,7,8,9). The number of ether oxygens (including phenoxy) is 3. The molecule has 38 heavy (non-hydrogen) atoms. The third kappa shape index (κ3) is 9.62. The Kier molecular flexibility index (Phi) is 11.3. The number of aromatic nitrogens is 14. The minimum absolute atomic E-state index is 0.0249. The van der Waals surface area contributed by atoms with Gasteiger partial charge in [0, 0.05) is 13.8 Å². The van der Waals surface area contributed by atoms with E-state index in [-0.39, 0.29) is 58.3 Å². The van der Waals surface area contributed by atoms with E-state index >= 15 is 0 Å². The molecule has 0 aliphatic heterocycles. The summed E-state index contributed by atoms with van der Waals surface area (Å²) in [5.74, 6) is -0.219. The van der Waals surface area contributed by atoms with Crippen molar-refractivity contribution < 1.29 is 23.8 Å². The number of carbonyl (C=O) groups is 2. The summed E-state index contributed by atoms with van der Waals surface area (Å²) in [6.45, 7) is 2.70. The van der Waals surface area contributed by atoms with Gasteiger partial charge in [-0.2, -0.15) is 30.1 Å². The van der Waals surface area contributed by atoms with Gasteiger partial charge in [-0.15, -0.1) is 14.8 Å². The molecule has 0 fully saturated rings. The van der Waals surface area contributed by atoms with Crippen LogP contribution in [0.3, 0.4) is 0 Å². The zero-order chi connectivity index (χ0) is 28.1. The number of anilines is 2. The van der Waals surface area contributed by atoms with E-state index in [1.165, 1.54) is 35.2 Å². The van der Waals surface area contributed by atoms with Gasteiger partial charge in [-0.05, 0) is 38.8 Å². The predicted octanol–water partition coefficient (Wildman–Crippen LogP) is -0.832. The molecule has 0 aliphatic carbocycles. The molecule has 0 aliphatic rings. The number of halogens is 2. The number of rotatable bonds is 6. The number of amides is 2. The third-order valence-electron chi connectivity index (χ3n) is 3.27. The Morgan fingerprint density at radius 1 is 0.789 bits per heavy atom. The van der Waals surface area contributed by atoms with E-state index in [4.69, 9.17) is 32.7 Å². The van der Waals surface area contributed by atoms with Gasteiger partial charge < -0.3 is 14.2 Å². The number of methoxy groups -OCH3 is 3. The monoisotopic (exact) mass is 572 g/mol. The zero-order valence-corrected chi connectivity index (χ0v) is 21.6. The predicted molar refractivity (Wildman–Crippen MR) is 125 cm³/mol. The molecule has 4 heterocycles. The Bertz CT molecular complexity index is 1290. The van der Waals surface area contributed by atoms with Gasteiger partial charge in [0.1, 0.15) is 0 Å². The molecule has 0 atom stereocenters. The lowest BCUT2D eigenvalue weighted by Gasteiger charge is -2.05. The number of H-pyrrole nitrogens is 1. The number of nitrogens with one attached hydrogen (secondary N) is 3. The lowest BCUT2D eigenvalue weighted by atomic mass is 10.7. The van der Waals surface area contributed by atoms with E-state index in [0.29, 0.717) is 0 Å². The normalized spacial score (nSPS) is 9.66. The Morgan fingerprint density at radius 3 is 1.82 bits per heavy atom. The molecule has 4 aromatic rings. The Labute approximate surface area is 222 Å². The number of carbonyl (C=O) groups excluding carboxylic acids is 2. The van der Waals surface area contributed by atoms with Crippen LogP contribution in [0.2, 0.25) is 10.6 Å². The summed E-state index contributed by atoms with van der Waals surface area (Å²) in [7, 11) is 4.21. The number of aromatic amines is 1. The van der Waals surface area contributed by atoms with Crippen molar-refractivity contribution in [1.29, 1.82) is 0 Å². The first-order valence-corrected chi connectivity index (χ1v) is 10.4. The van der Waals surface area contributed by atoms with Crippen molar-refractivity contribution in [3.8, 4) is 24.0 Å². The molecule has 0 bridgehead atoms. The fraction of sp³-hybridized carbons (Fsp3) is 0.333. The molecule has 202 valence electrons. The quantitative estimate of drug-likeness (QED) is 0.254. The molecule has 21 nitrogen and oxygen atoms in total. The minimum Gasteiger partial charge on any atom is -0.467 e. The largest absolute Gasteiger partial charge is 0.467 e. The van der Waals surface area contributed by atoms with Gasteiger partial charge in [0.25, 0.3) is 17.8 Å². The topological polar surface area (TPSA) is 261 Å². The molecule has 4 aromatic heterocycles. The number of tetrazole rings is 2. The fourth-order valence-electron chi connectivity index (χ4n) is 1.93. The van der Waals surface area contributed by atoms with Crippen LogP contribution in [0.25, 0.3) is 5.95 Å². The van der Waals surface area contributed by atoms with E-state index < -0.39 is 0 Å². The molecule has 0 saturated carbocycles. The zero-order valence-electron chi connectivity index (χ0n) is 20.1. The maximum Gasteiger partial charge on any atom is 0.324 e. The van der Waals surface area contributed by atoms with Crippen molar-refractivity contribution in [1.82, 2.24) is 70.7 Å². The highest BCUT2D eigenvalue weighted by atomic mass is 35.5. The Hall–Kier alpha value is -4.92. The highest BCUT2D eigenvalue weighted by Gasteiger charge is 2.15. The summed E-state index contributed by atoms with van der Waals surface area (Å²) >= 11 is 10.8. The van der Waals surface area contributed by atoms with Crippen LogP contribution in [-0.4, -0.2) is 104 Å². The molecule has 4 rings (SSSR count). The lowest BCUT2D eigenvalue weighted by Crippen LogP contribution is -2.14.